The number of likely N-dealkylation sites (N-methyl/N-ethyl adjacent to an activating group) is 2. The third-order valence-corrected chi connectivity index (χ3v) is 11.8. The zero-order valence-corrected chi connectivity index (χ0v) is 33.3. The highest BCUT2D eigenvalue weighted by atomic mass is 16.7. The van der Waals surface area contributed by atoms with Gasteiger partial charge in [-0.25, -0.2) is 0 Å². The summed E-state index contributed by atoms with van der Waals surface area (Å²) in [6.07, 6.45) is -4.85. The van der Waals surface area contributed by atoms with E-state index in [1.807, 2.05) is 20.8 Å². The Balaban J connectivity index is 1.23. The van der Waals surface area contributed by atoms with Gasteiger partial charge in [0.25, 0.3) is 5.91 Å². The molecule has 2 aromatic carbocycles. The summed E-state index contributed by atoms with van der Waals surface area (Å²) < 4.78 is 36.0. The van der Waals surface area contributed by atoms with Gasteiger partial charge in [0.15, 0.2) is 24.6 Å². The Hall–Kier alpha value is -4.20. The first-order valence-electron chi connectivity index (χ1n) is 19.3. The summed E-state index contributed by atoms with van der Waals surface area (Å²) in [6, 6.07) is 4.39. The molecule has 7 rings (SSSR count). The Morgan fingerprint density at radius 2 is 1.75 bits per heavy atom. The van der Waals surface area contributed by atoms with Crippen LogP contribution in [0.5, 0.6) is 17.2 Å². The maximum atomic E-state index is 14.3. The fraction of sp³-hybridized carbons (Fsp3) is 0.600. The van der Waals surface area contributed by atoms with E-state index < -0.39 is 89.6 Å². The topological polar surface area (TPSA) is 206 Å². The first-order valence-corrected chi connectivity index (χ1v) is 19.3. The third kappa shape index (κ3) is 7.18. The Bertz CT molecular complexity index is 1940. The molecular formula is C40H52N4O13. The molecule has 0 saturated carbocycles. The molecule has 2 amide bonds. The van der Waals surface area contributed by atoms with Gasteiger partial charge in [0.1, 0.15) is 29.0 Å². The lowest BCUT2D eigenvalue weighted by Gasteiger charge is -2.44. The van der Waals surface area contributed by atoms with Gasteiger partial charge in [-0.2, -0.15) is 0 Å². The smallest absolute Gasteiger partial charge is 0.254 e. The Kier molecular flexibility index (Phi) is 11.4. The van der Waals surface area contributed by atoms with Crippen LogP contribution in [-0.2, 0) is 39.7 Å². The Morgan fingerprint density at radius 1 is 1.04 bits per heavy atom. The summed E-state index contributed by atoms with van der Waals surface area (Å²) in [5.74, 6) is -3.55. The first-order chi connectivity index (χ1) is 27.1. The normalized spacial score (nSPS) is 29.2. The van der Waals surface area contributed by atoms with Crippen molar-refractivity contribution in [3.05, 3.63) is 51.6 Å². The van der Waals surface area contributed by atoms with Crippen molar-refractivity contribution in [3.63, 3.8) is 0 Å². The van der Waals surface area contributed by atoms with Crippen molar-refractivity contribution in [1.82, 2.24) is 20.0 Å². The molecule has 8 atom stereocenters. The number of ketones is 2. The predicted octanol–water partition coefficient (Wildman–Crippen LogP) is 1.06. The second-order valence-electron chi connectivity index (χ2n) is 15.8. The van der Waals surface area contributed by atoms with E-state index in [1.54, 1.807) is 14.2 Å². The van der Waals surface area contributed by atoms with Crippen molar-refractivity contribution < 1.29 is 62.9 Å². The standard InChI is InChI=1S/C40H52N4O13/c1-19(2)41-18-26(45)42(4)11-12-43(5)39(50)40(51)16-22-29(35(49)31-30(33(22)47)32(46)21-9-8-10-24(52-6)28(21)34(31)48)25(17-40)56-27-15-23-36(20(3)55-27)57-37-38(53-7)54-14-13-44(23)37/h8-10,19-20,23,25,27,36-38,41,47,49,51H,11-18H2,1-7H3/t20?,23?,25-,27?,36?,37?,38?,40-/m0/s1. The van der Waals surface area contributed by atoms with E-state index in [9.17, 15) is 34.5 Å². The number of phenols is 2. The van der Waals surface area contributed by atoms with Gasteiger partial charge in [-0.05, 0) is 13.0 Å². The summed E-state index contributed by atoms with van der Waals surface area (Å²) in [4.78, 5) is 60.0. The van der Waals surface area contributed by atoms with Crippen LogP contribution in [0.25, 0.3) is 0 Å². The summed E-state index contributed by atoms with van der Waals surface area (Å²) >= 11 is 0. The van der Waals surface area contributed by atoms with Gasteiger partial charge < -0.3 is 58.9 Å². The van der Waals surface area contributed by atoms with Gasteiger partial charge in [0.05, 0.1) is 49.2 Å². The quantitative estimate of drug-likeness (QED) is 0.200. The van der Waals surface area contributed by atoms with Crippen molar-refractivity contribution in [2.24, 2.45) is 0 Å². The second-order valence-corrected chi connectivity index (χ2v) is 15.8. The number of ether oxygens (including phenoxy) is 6. The fourth-order valence-corrected chi connectivity index (χ4v) is 8.80. The van der Waals surface area contributed by atoms with Crippen molar-refractivity contribution >= 4 is 23.4 Å². The molecule has 0 radical (unpaired) electrons. The number of carbonyl (C=O) groups excluding carboxylic acids is 4. The molecule has 3 heterocycles. The van der Waals surface area contributed by atoms with Gasteiger partial charge in [0.2, 0.25) is 11.7 Å². The molecule has 5 aliphatic rings. The maximum Gasteiger partial charge on any atom is 0.254 e. The molecule has 2 aliphatic carbocycles. The molecule has 0 aromatic heterocycles. The first kappa shape index (κ1) is 41.0. The fourth-order valence-electron chi connectivity index (χ4n) is 8.80. The molecule has 17 nitrogen and oxygen atoms in total. The SMILES string of the molecule is COc1cccc2c1C(=O)c1c(O)c3c(c(O)c1C2=O)C[C@@](O)(C(=O)N(C)CCN(C)C(=O)CNC(C)C)C[C@@H]3OC1CC2C(OC3C(OC)OCCN23)C(C)O1. The number of phenolic OH excluding ortho intramolecular Hbond substituents is 2. The van der Waals surface area contributed by atoms with Gasteiger partial charge in [-0.3, -0.25) is 24.1 Å². The monoisotopic (exact) mass is 796 g/mol. The number of hydrogen-bond donors (Lipinski definition) is 4. The van der Waals surface area contributed by atoms with Crippen LogP contribution in [0.15, 0.2) is 18.2 Å². The largest absolute Gasteiger partial charge is 0.507 e. The number of morpholine rings is 1. The lowest BCUT2D eigenvalue weighted by molar-refractivity contribution is -0.256. The van der Waals surface area contributed by atoms with Crippen LogP contribution in [0.1, 0.15) is 82.7 Å². The van der Waals surface area contributed by atoms with E-state index in [0.717, 1.165) is 0 Å². The lowest BCUT2D eigenvalue weighted by Crippen LogP contribution is -2.55. The van der Waals surface area contributed by atoms with Gasteiger partial charge in [0, 0.05) is 88.9 Å². The molecule has 3 fully saturated rings. The van der Waals surface area contributed by atoms with Crippen LogP contribution < -0.4 is 10.1 Å². The summed E-state index contributed by atoms with van der Waals surface area (Å²) in [7, 11) is 6.01. The molecule has 6 unspecified atom stereocenters. The molecule has 57 heavy (non-hydrogen) atoms. The van der Waals surface area contributed by atoms with Crippen LogP contribution in [0.4, 0.5) is 0 Å². The van der Waals surface area contributed by atoms with Gasteiger partial charge >= 0.3 is 0 Å². The van der Waals surface area contributed by atoms with E-state index in [-0.39, 0.29) is 78.2 Å². The van der Waals surface area contributed by atoms with Crippen molar-refractivity contribution in [1.29, 1.82) is 0 Å². The highest BCUT2D eigenvalue weighted by Gasteiger charge is 2.55. The number of aromatic hydroxyl groups is 2. The van der Waals surface area contributed by atoms with Crippen molar-refractivity contribution in [3.8, 4) is 17.2 Å². The van der Waals surface area contributed by atoms with Crippen LogP contribution in [0.2, 0.25) is 0 Å². The number of benzene rings is 2. The van der Waals surface area contributed by atoms with Crippen molar-refractivity contribution in [2.45, 2.75) is 94.8 Å². The molecule has 17 heteroatoms. The minimum absolute atomic E-state index is 0.0338. The number of rotatable bonds is 11. The Labute approximate surface area is 330 Å². The molecular weight excluding hydrogens is 744 g/mol. The van der Waals surface area contributed by atoms with Crippen molar-refractivity contribution in [2.75, 3.05) is 61.1 Å². The van der Waals surface area contributed by atoms with E-state index in [0.29, 0.717) is 13.2 Å². The summed E-state index contributed by atoms with van der Waals surface area (Å²) in [6.45, 7) is 7.01. The van der Waals surface area contributed by atoms with Crippen LogP contribution in [-0.4, -0.2) is 163 Å². The van der Waals surface area contributed by atoms with E-state index in [1.165, 1.54) is 42.2 Å². The molecule has 2 aromatic rings. The minimum Gasteiger partial charge on any atom is -0.507 e. The molecule has 310 valence electrons. The number of hydrogen-bond acceptors (Lipinski definition) is 15. The summed E-state index contributed by atoms with van der Waals surface area (Å²) in [5, 5.41) is 39.4. The van der Waals surface area contributed by atoms with Crippen LogP contribution in [0.3, 0.4) is 0 Å². The van der Waals surface area contributed by atoms with E-state index >= 15 is 0 Å². The van der Waals surface area contributed by atoms with Gasteiger partial charge in [-0.15, -0.1) is 0 Å². The molecule has 4 N–H and O–H groups in total. The number of methoxy groups -OCH3 is 2. The molecule has 3 aliphatic heterocycles. The highest BCUT2D eigenvalue weighted by Crippen LogP contribution is 2.53. The zero-order chi connectivity index (χ0) is 41.1. The molecule has 0 bridgehead atoms. The number of carbonyl (C=O) groups is 4. The lowest BCUT2D eigenvalue weighted by atomic mass is 9.72. The Morgan fingerprint density at radius 3 is 2.46 bits per heavy atom. The molecule has 3 saturated heterocycles. The number of amides is 2. The average molecular weight is 797 g/mol. The number of nitrogens with one attached hydrogen (secondary N) is 1. The predicted molar refractivity (Wildman–Crippen MR) is 200 cm³/mol. The second kappa shape index (κ2) is 15.9. The number of fused-ring (bicyclic) bond motifs is 6. The zero-order valence-electron chi connectivity index (χ0n) is 33.3. The van der Waals surface area contributed by atoms with E-state index in [4.69, 9.17) is 28.4 Å². The van der Waals surface area contributed by atoms with E-state index in [2.05, 4.69) is 10.2 Å². The minimum atomic E-state index is -2.23. The van der Waals surface area contributed by atoms with Gasteiger partial charge in [-0.1, -0.05) is 26.0 Å². The summed E-state index contributed by atoms with van der Waals surface area (Å²) in [5.41, 5.74) is -3.37. The number of nitrogens with zero attached hydrogens (tertiary/aromatic N) is 3. The highest BCUT2D eigenvalue weighted by molar-refractivity contribution is 6.31. The molecule has 0 spiro atoms. The average Bonchev–Trinajstić information content (AvgIpc) is 3.57. The maximum absolute atomic E-state index is 14.3. The third-order valence-electron chi connectivity index (χ3n) is 11.8. The van der Waals surface area contributed by atoms with Crippen LogP contribution in [0, 0.1) is 0 Å². The van der Waals surface area contributed by atoms with Crippen LogP contribution >= 0.6 is 0 Å². The number of aliphatic hydroxyl groups is 1.